The van der Waals surface area contributed by atoms with E-state index in [0.29, 0.717) is 6.79 Å². The fourth-order valence-corrected chi connectivity index (χ4v) is 2.93. The van der Waals surface area contributed by atoms with Gasteiger partial charge in [-0.05, 0) is 48.7 Å². The molecule has 2 aliphatic heterocycles. The van der Waals surface area contributed by atoms with E-state index in [9.17, 15) is 0 Å². The van der Waals surface area contributed by atoms with Crippen molar-refractivity contribution in [3.8, 4) is 11.5 Å². The Hall–Kier alpha value is -2.07. The molecule has 20 heavy (non-hydrogen) atoms. The number of pyridine rings is 1. The third-order valence-electron chi connectivity index (χ3n) is 3.89. The molecule has 2 aliphatic rings. The van der Waals surface area contributed by atoms with Crippen LogP contribution in [0.4, 0.5) is 0 Å². The lowest BCUT2D eigenvalue weighted by molar-refractivity contribution is 0.174. The van der Waals surface area contributed by atoms with Gasteiger partial charge in [0.25, 0.3) is 0 Å². The van der Waals surface area contributed by atoms with Crippen molar-refractivity contribution >= 4 is 0 Å². The number of hydrogen-bond donors (Lipinski definition) is 1. The highest BCUT2D eigenvalue weighted by Crippen LogP contribution is 2.39. The van der Waals surface area contributed by atoms with Gasteiger partial charge in [-0.15, -0.1) is 0 Å². The summed E-state index contributed by atoms with van der Waals surface area (Å²) in [5.41, 5.74) is 4.67. The molecule has 102 valence electrons. The minimum absolute atomic E-state index is 0.133. The zero-order valence-corrected chi connectivity index (χ0v) is 11.3. The number of ether oxygens (including phenoxy) is 2. The number of nitrogens with one attached hydrogen (secondary N) is 1. The number of fused-ring (bicyclic) bond motifs is 2. The van der Waals surface area contributed by atoms with Crippen LogP contribution in [-0.4, -0.2) is 18.3 Å². The Kier molecular flexibility index (Phi) is 2.63. The van der Waals surface area contributed by atoms with Crippen LogP contribution in [0, 0.1) is 6.92 Å². The Balaban J connectivity index is 1.82. The number of rotatable bonds is 1. The van der Waals surface area contributed by atoms with Crippen LogP contribution in [0.3, 0.4) is 0 Å². The molecule has 2 aromatic rings. The molecule has 1 unspecified atom stereocenters. The maximum atomic E-state index is 5.50. The van der Waals surface area contributed by atoms with Crippen molar-refractivity contribution < 1.29 is 9.47 Å². The molecule has 0 amide bonds. The number of benzene rings is 1. The summed E-state index contributed by atoms with van der Waals surface area (Å²) in [6.45, 7) is 3.29. The Labute approximate surface area is 117 Å². The number of aryl methyl sites for hydroxylation is 1. The molecule has 0 aliphatic carbocycles. The summed E-state index contributed by atoms with van der Waals surface area (Å²) in [4.78, 5) is 4.65. The average Bonchev–Trinajstić information content (AvgIpc) is 2.91. The van der Waals surface area contributed by atoms with Crippen molar-refractivity contribution in [1.82, 2.24) is 10.3 Å². The second kappa shape index (κ2) is 4.49. The second-order valence-corrected chi connectivity index (χ2v) is 5.25. The molecule has 1 aromatic carbocycles. The fourth-order valence-electron chi connectivity index (χ4n) is 2.93. The predicted octanol–water partition coefficient (Wildman–Crippen LogP) is 2.35. The maximum Gasteiger partial charge on any atom is 0.231 e. The van der Waals surface area contributed by atoms with E-state index in [4.69, 9.17) is 9.47 Å². The van der Waals surface area contributed by atoms with Gasteiger partial charge in [0, 0.05) is 12.2 Å². The molecular formula is C16H16N2O2. The number of aromatic nitrogens is 1. The molecule has 4 rings (SSSR count). The van der Waals surface area contributed by atoms with Gasteiger partial charge in [0.2, 0.25) is 6.79 Å². The summed E-state index contributed by atoms with van der Waals surface area (Å²) in [7, 11) is 0. The summed E-state index contributed by atoms with van der Waals surface area (Å²) in [5.74, 6) is 1.70. The highest BCUT2D eigenvalue weighted by Gasteiger charge is 2.26. The Morgan fingerprint density at radius 3 is 2.90 bits per heavy atom. The summed E-state index contributed by atoms with van der Waals surface area (Å²) in [6, 6.07) is 10.5. The fraction of sp³-hybridized carbons (Fsp3) is 0.312. The quantitative estimate of drug-likeness (QED) is 0.862. The van der Waals surface area contributed by atoms with E-state index in [-0.39, 0.29) is 6.04 Å². The third-order valence-corrected chi connectivity index (χ3v) is 3.89. The van der Waals surface area contributed by atoms with Crippen LogP contribution in [0.5, 0.6) is 11.5 Å². The maximum absolute atomic E-state index is 5.50. The zero-order chi connectivity index (χ0) is 13.5. The summed E-state index contributed by atoms with van der Waals surface area (Å²) in [6.07, 6.45) is 1.01. The van der Waals surface area contributed by atoms with Crippen LogP contribution in [0.15, 0.2) is 30.3 Å². The molecule has 1 aromatic heterocycles. The van der Waals surface area contributed by atoms with Gasteiger partial charge >= 0.3 is 0 Å². The normalized spacial score (nSPS) is 19.8. The molecular weight excluding hydrogens is 252 g/mol. The summed E-state index contributed by atoms with van der Waals surface area (Å²) >= 11 is 0. The average molecular weight is 268 g/mol. The minimum atomic E-state index is 0.133. The molecule has 0 saturated carbocycles. The van der Waals surface area contributed by atoms with Gasteiger partial charge in [-0.25, -0.2) is 0 Å². The monoisotopic (exact) mass is 268 g/mol. The molecule has 1 atom stereocenters. The summed E-state index contributed by atoms with van der Waals surface area (Å²) < 4.78 is 11.0. The molecule has 0 spiro atoms. The first-order chi connectivity index (χ1) is 9.81. The van der Waals surface area contributed by atoms with Gasteiger partial charge < -0.3 is 14.8 Å². The van der Waals surface area contributed by atoms with E-state index < -0.39 is 0 Å². The lowest BCUT2D eigenvalue weighted by Crippen LogP contribution is -2.31. The predicted molar refractivity (Wildman–Crippen MR) is 75.1 cm³/mol. The first-order valence-corrected chi connectivity index (χ1v) is 6.90. The number of nitrogens with zero attached hydrogens (tertiary/aromatic N) is 1. The van der Waals surface area contributed by atoms with Gasteiger partial charge in [-0.3, -0.25) is 4.98 Å². The van der Waals surface area contributed by atoms with Crippen LogP contribution in [-0.2, 0) is 6.42 Å². The van der Waals surface area contributed by atoms with Crippen LogP contribution in [0.2, 0.25) is 0 Å². The highest BCUT2D eigenvalue weighted by atomic mass is 16.7. The SMILES string of the molecule is Cc1cccc(C2NCCc3cc4c(cc32)OCO4)n1. The lowest BCUT2D eigenvalue weighted by Gasteiger charge is -2.27. The molecule has 1 N–H and O–H groups in total. The molecule has 4 nitrogen and oxygen atoms in total. The molecule has 0 fully saturated rings. The smallest absolute Gasteiger partial charge is 0.231 e. The molecule has 0 bridgehead atoms. The molecule has 3 heterocycles. The van der Waals surface area contributed by atoms with Gasteiger partial charge in [0.05, 0.1) is 11.7 Å². The largest absolute Gasteiger partial charge is 0.454 e. The Morgan fingerprint density at radius 2 is 2.05 bits per heavy atom. The highest BCUT2D eigenvalue weighted by molar-refractivity contribution is 5.52. The van der Waals surface area contributed by atoms with Crippen molar-refractivity contribution in [2.75, 3.05) is 13.3 Å². The van der Waals surface area contributed by atoms with Crippen molar-refractivity contribution in [2.24, 2.45) is 0 Å². The minimum Gasteiger partial charge on any atom is -0.454 e. The third kappa shape index (κ3) is 1.84. The zero-order valence-electron chi connectivity index (χ0n) is 11.3. The first-order valence-electron chi connectivity index (χ1n) is 6.90. The van der Waals surface area contributed by atoms with Crippen molar-refractivity contribution in [3.05, 3.63) is 52.8 Å². The Morgan fingerprint density at radius 1 is 1.20 bits per heavy atom. The van der Waals surface area contributed by atoms with E-state index in [2.05, 4.69) is 34.6 Å². The van der Waals surface area contributed by atoms with Crippen LogP contribution in [0.1, 0.15) is 28.6 Å². The molecule has 4 heteroatoms. The van der Waals surface area contributed by atoms with Crippen LogP contribution in [0.25, 0.3) is 0 Å². The lowest BCUT2D eigenvalue weighted by atomic mass is 9.91. The van der Waals surface area contributed by atoms with E-state index in [1.807, 2.05) is 13.0 Å². The van der Waals surface area contributed by atoms with Crippen molar-refractivity contribution in [3.63, 3.8) is 0 Å². The summed E-state index contributed by atoms with van der Waals surface area (Å²) in [5, 5.41) is 3.55. The van der Waals surface area contributed by atoms with Crippen LogP contribution < -0.4 is 14.8 Å². The Bertz CT molecular complexity index is 670. The second-order valence-electron chi connectivity index (χ2n) is 5.25. The first kappa shape index (κ1) is 11.7. The van der Waals surface area contributed by atoms with Gasteiger partial charge in [0.1, 0.15) is 0 Å². The van der Waals surface area contributed by atoms with Gasteiger partial charge in [0.15, 0.2) is 11.5 Å². The van der Waals surface area contributed by atoms with Gasteiger partial charge in [-0.2, -0.15) is 0 Å². The topological polar surface area (TPSA) is 43.4 Å². The van der Waals surface area contributed by atoms with E-state index in [0.717, 1.165) is 35.9 Å². The van der Waals surface area contributed by atoms with Crippen molar-refractivity contribution in [1.29, 1.82) is 0 Å². The van der Waals surface area contributed by atoms with Crippen molar-refractivity contribution in [2.45, 2.75) is 19.4 Å². The van der Waals surface area contributed by atoms with E-state index >= 15 is 0 Å². The van der Waals surface area contributed by atoms with E-state index in [1.54, 1.807) is 0 Å². The van der Waals surface area contributed by atoms with Gasteiger partial charge in [-0.1, -0.05) is 6.07 Å². The molecule has 0 radical (unpaired) electrons. The van der Waals surface area contributed by atoms with Crippen LogP contribution >= 0.6 is 0 Å². The standard InChI is InChI=1S/C16H16N2O2/c1-10-3-2-4-13(18-10)16-12-8-15-14(19-9-20-15)7-11(12)5-6-17-16/h2-4,7-8,16-17H,5-6,9H2,1H3. The number of hydrogen-bond acceptors (Lipinski definition) is 4. The molecule has 0 saturated heterocycles. The van der Waals surface area contributed by atoms with E-state index in [1.165, 1.54) is 11.1 Å².